The van der Waals surface area contributed by atoms with Gasteiger partial charge in [0.2, 0.25) is 11.8 Å². The zero-order valence-electron chi connectivity index (χ0n) is 17.5. The number of hydrogen-bond acceptors (Lipinski definition) is 3. The molecule has 28 heavy (non-hydrogen) atoms. The molecule has 5 nitrogen and oxygen atoms in total. The summed E-state index contributed by atoms with van der Waals surface area (Å²) in [5.41, 5.74) is 4.06. The van der Waals surface area contributed by atoms with Crippen LogP contribution in [-0.2, 0) is 21.5 Å². The lowest BCUT2D eigenvalue weighted by molar-refractivity contribution is -0.117. The van der Waals surface area contributed by atoms with Crippen LogP contribution >= 0.6 is 0 Å². The van der Waals surface area contributed by atoms with Crippen molar-refractivity contribution in [2.45, 2.75) is 46.6 Å². The monoisotopic (exact) mass is 381 g/mol. The molecule has 0 saturated carbocycles. The van der Waals surface area contributed by atoms with Crippen molar-refractivity contribution < 1.29 is 9.59 Å². The maximum absolute atomic E-state index is 12.4. The van der Waals surface area contributed by atoms with E-state index in [1.165, 1.54) is 18.1 Å². The lowest BCUT2D eigenvalue weighted by Gasteiger charge is -2.22. The molecule has 0 aliphatic rings. The normalized spacial score (nSPS) is 11.4. The van der Waals surface area contributed by atoms with E-state index in [0.29, 0.717) is 17.9 Å². The van der Waals surface area contributed by atoms with Crippen molar-refractivity contribution in [2.75, 3.05) is 23.7 Å². The lowest BCUT2D eigenvalue weighted by atomic mass is 9.87. The number of likely N-dealkylation sites (N-methyl/N-ethyl adjacent to an activating group) is 1. The summed E-state index contributed by atoms with van der Waals surface area (Å²) in [6, 6.07) is 15.7. The van der Waals surface area contributed by atoms with Gasteiger partial charge in [0.25, 0.3) is 0 Å². The molecule has 2 N–H and O–H groups in total. The van der Waals surface area contributed by atoms with E-state index >= 15 is 0 Å². The molecule has 0 spiro atoms. The highest BCUT2D eigenvalue weighted by Gasteiger charge is 2.14. The number of carbonyl (C=O) groups is 2. The van der Waals surface area contributed by atoms with Gasteiger partial charge in [-0.25, -0.2) is 0 Å². The van der Waals surface area contributed by atoms with Crippen LogP contribution in [0.25, 0.3) is 0 Å². The van der Waals surface area contributed by atoms with Crippen LogP contribution in [0.1, 0.15) is 45.7 Å². The van der Waals surface area contributed by atoms with Crippen LogP contribution < -0.4 is 10.6 Å². The summed E-state index contributed by atoms with van der Waals surface area (Å²) in [7, 11) is 0. The number of amides is 2. The summed E-state index contributed by atoms with van der Waals surface area (Å²) in [6.07, 6.45) is 0. The fourth-order valence-corrected chi connectivity index (χ4v) is 2.89. The van der Waals surface area contributed by atoms with Crippen LogP contribution in [0.4, 0.5) is 11.4 Å². The van der Waals surface area contributed by atoms with Crippen molar-refractivity contribution in [3.8, 4) is 0 Å². The summed E-state index contributed by atoms with van der Waals surface area (Å²) >= 11 is 0. The van der Waals surface area contributed by atoms with Gasteiger partial charge in [0, 0.05) is 24.8 Å². The van der Waals surface area contributed by atoms with Gasteiger partial charge in [0.05, 0.1) is 6.54 Å². The third-order valence-corrected chi connectivity index (χ3v) is 4.53. The molecule has 0 heterocycles. The number of carbonyl (C=O) groups excluding carboxylic acids is 2. The van der Waals surface area contributed by atoms with E-state index in [1.54, 1.807) is 24.3 Å². The Morgan fingerprint density at radius 2 is 1.43 bits per heavy atom. The topological polar surface area (TPSA) is 61.4 Å². The fourth-order valence-electron chi connectivity index (χ4n) is 2.89. The standard InChI is InChI=1S/C23H31N3O2/c1-6-26(15-18-7-9-19(10-8-18)23(3,4)5)16-22(28)25-21-13-11-20(12-14-21)24-17(2)27/h7-14H,6,15-16H2,1-5H3,(H,24,27)(H,25,28). The Hall–Kier alpha value is -2.66. The Kier molecular flexibility index (Phi) is 7.35. The van der Waals surface area contributed by atoms with E-state index in [4.69, 9.17) is 0 Å². The first-order chi connectivity index (χ1) is 13.2. The molecule has 2 rings (SSSR count). The van der Waals surface area contributed by atoms with E-state index in [1.807, 2.05) is 0 Å². The second-order valence-corrected chi connectivity index (χ2v) is 8.06. The Balaban J connectivity index is 1.91. The third kappa shape index (κ3) is 6.82. The van der Waals surface area contributed by atoms with Crippen molar-refractivity contribution in [2.24, 2.45) is 0 Å². The first-order valence-electron chi connectivity index (χ1n) is 9.66. The van der Waals surface area contributed by atoms with Crippen molar-refractivity contribution >= 4 is 23.2 Å². The minimum Gasteiger partial charge on any atom is -0.326 e. The van der Waals surface area contributed by atoms with E-state index in [9.17, 15) is 9.59 Å². The Labute approximate surface area is 168 Å². The summed E-state index contributed by atoms with van der Waals surface area (Å²) in [5.74, 6) is -0.175. The molecule has 0 fully saturated rings. The van der Waals surface area contributed by atoms with E-state index in [2.05, 4.69) is 67.5 Å². The molecule has 0 saturated heterocycles. The SMILES string of the molecule is CCN(CC(=O)Nc1ccc(NC(C)=O)cc1)Cc1ccc(C(C)(C)C)cc1. The maximum atomic E-state index is 12.4. The molecule has 0 aromatic heterocycles. The zero-order valence-corrected chi connectivity index (χ0v) is 17.5. The molecule has 2 aromatic rings. The first kappa shape index (κ1) is 21.6. The van der Waals surface area contributed by atoms with Crippen molar-refractivity contribution in [3.63, 3.8) is 0 Å². The maximum Gasteiger partial charge on any atom is 0.238 e. The predicted octanol–water partition coefficient (Wildman–Crippen LogP) is 4.40. The average Bonchev–Trinajstić information content (AvgIpc) is 2.62. The molecule has 5 heteroatoms. The minimum atomic E-state index is -0.120. The Bertz CT molecular complexity index is 790. The molecule has 0 aliphatic heterocycles. The number of nitrogens with zero attached hydrogens (tertiary/aromatic N) is 1. The van der Waals surface area contributed by atoms with Gasteiger partial charge in [-0.05, 0) is 47.4 Å². The predicted molar refractivity (Wildman–Crippen MR) is 115 cm³/mol. The number of anilines is 2. The van der Waals surface area contributed by atoms with Gasteiger partial charge in [0.15, 0.2) is 0 Å². The summed E-state index contributed by atoms with van der Waals surface area (Å²) < 4.78 is 0. The largest absolute Gasteiger partial charge is 0.326 e. The van der Waals surface area contributed by atoms with Crippen molar-refractivity contribution in [1.29, 1.82) is 0 Å². The molecular formula is C23H31N3O2. The van der Waals surface area contributed by atoms with E-state index in [0.717, 1.165) is 13.1 Å². The van der Waals surface area contributed by atoms with Crippen LogP contribution in [0.3, 0.4) is 0 Å². The van der Waals surface area contributed by atoms with Crippen LogP contribution in [0, 0.1) is 0 Å². The molecule has 0 unspecified atom stereocenters. The van der Waals surface area contributed by atoms with Gasteiger partial charge in [-0.1, -0.05) is 52.0 Å². The molecule has 0 atom stereocenters. The molecule has 2 aromatic carbocycles. The highest BCUT2D eigenvalue weighted by Crippen LogP contribution is 2.22. The highest BCUT2D eigenvalue weighted by atomic mass is 16.2. The number of hydrogen-bond donors (Lipinski definition) is 2. The van der Waals surface area contributed by atoms with Gasteiger partial charge in [0.1, 0.15) is 0 Å². The van der Waals surface area contributed by atoms with Crippen LogP contribution in [-0.4, -0.2) is 29.8 Å². The van der Waals surface area contributed by atoms with Crippen LogP contribution in [0.15, 0.2) is 48.5 Å². The zero-order chi connectivity index (χ0) is 20.7. The first-order valence-corrected chi connectivity index (χ1v) is 9.66. The molecule has 0 aliphatic carbocycles. The van der Waals surface area contributed by atoms with Gasteiger partial charge < -0.3 is 10.6 Å². The quantitative estimate of drug-likeness (QED) is 0.747. The summed E-state index contributed by atoms with van der Waals surface area (Å²) in [6.45, 7) is 12.0. The van der Waals surface area contributed by atoms with Gasteiger partial charge >= 0.3 is 0 Å². The van der Waals surface area contributed by atoms with Crippen LogP contribution in [0.5, 0.6) is 0 Å². The molecule has 0 radical (unpaired) electrons. The Morgan fingerprint density at radius 1 is 0.893 bits per heavy atom. The smallest absolute Gasteiger partial charge is 0.238 e. The number of rotatable bonds is 7. The summed E-state index contributed by atoms with van der Waals surface area (Å²) in [4.78, 5) is 25.6. The average molecular weight is 382 g/mol. The highest BCUT2D eigenvalue weighted by molar-refractivity contribution is 5.93. The Morgan fingerprint density at radius 3 is 1.89 bits per heavy atom. The van der Waals surface area contributed by atoms with Gasteiger partial charge in [-0.3, -0.25) is 14.5 Å². The second-order valence-electron chi connectivity index (χ2n) is 8.06. The van der Waals surface area contributed by atoms with E-state index in [-0.39, 0.29) is 17.2 Å². The van der Waals surface area contributed by atoms with Crippen molar-refractivity contribution in [1.82, 2.24) is 4.90 Å². The fraction of sp³-hybridized carbons (Fsp3) is 0.391. The summed E-state index contributed by atoms with van der Waals surface area (Å²) in [5, 5.41) is 5.62. The second kappa shape index (κ2) is 9.51. The lowest BCUT2D eigenvalue weighted by Crippen LogP contribution is -2.32. The molecule has 2 amide bonds. The van der Waals surface area contributed by atoms with E-state index < -0.39 is 0 Å². The number of nitrogens with one attached hydrogen (secondary N) is 2. The minimum absolute atomic E-state index is 0.0551. The number of benzene rings is 2. The third-order valence-electron chi connectivity index (χ3n) is 4.53. The van der Waals surface area contributed by atoms with Crippen molar-refractivity contribution in [3.05, 3.63) is 59.7 Å². The molecule has 0 bridgehead atoms. The molecule has 150 valence electrons. The van der Waals surface area contributed by atoms with Crippen LogP contribution in [0.2, 0.25) is 0 Å². The molecular weight excluding hydrogens is 350 g/mol. The van der Waals surface area contributed by atoms with Gasteiger partial charge in [-0.2, -0.15) is 0 Å². The van der Waals surface area contributed by atoms with Gasteiger partial charge in [-0.15, -0.1) is 0 Å².